The van der Waals surface area contributed by atoms with E-state index in [1.807, 2.05) is 44.2 Å². The SMILES string of the molecule is C/C=C/COc1cc(C)c(OCCCCCCOc2ccc(/C(C)=N/OC)nn2)c(C)c1. The van der Waals surface area contributed by atoms with Crippen LogP contribution in [0.25, 0.3) is 0 Å². The van der Waals surface area contributed by atoms with Crippen LogP contribution in [0.15, 0.2) is 41.6 Å². The monoisotopic (exact) mass is 441 g/mol. The molecule has 0 saturated carbocycles. The fraction of sp³-hybridized carbons (Fsp3) is 0.480. The predicted octanol–water partition coefficient (Wildman–Crippen LogP) is 5.44. The molecule has 0 saturated heterocycles. The molecular weight excluding hydrogens is 406 g/mol. The molecule has 1 aromatic carbocycles. The predicted molar refractivity (Wildman–Crippen MR) is 127 cm³/mol. The molecule has 0 radical (unpaired) electrons. The van der Waals surface area contributed by atoms with Gasteiger partial charge in [-0.15, -0.1) is 10.2 Å². The van der Waals surface area contributed by atoms with Gasteiger partial charge in [0.05, 0.1) is 13.2 Å². The summed E-state index contributed by atoms with van der Waals surface area (Å²) in [5.41, 5.74) is 3.54. The molecule has 0 aliphatic carbocycles. The molecule has 0 N–H and O–H groups in total. The van der Waals surface area contributed by atoms with Gasteiger partial charge in [0, 0.05) is 6.07 Å². The largest absolute Gasteiger partial charge is 0.493 e. The first kappa shape index (κ1) is 25.2. The van der Waals surface area contributed by atoms with E-state index in [0.29, 0.717) is 37.1 Å². The highest BCUT2D eigenvalue weighted by Gasteiger charge is 2.07. The zero-order valence-electron chi connectivity index (χ0n) is 19.9. The third-order valence-corrected chi connectivity index (χ3v) is 4.79. The Labute approximate surface area is 191 Å². The molecule has 0 spiro atoms. The minimum absolute atomic E-state index is 0.520. The fourth-order valence-electron chi connectivity index (χ4n) is 3.14. The van der Waals surface area contributed by atoms with Gasteiger partial charge in [-0.05, 0) is 82.7 Å². The van der Waals surface area contributed by atoms with Crippen molar-refractivity contribution in [3.8, 4) is 17.4 Å². The molecular formula is C25H35N3O4. The summed E-state index contributed by atoms with van der Waals surface area (Å²) in [7, 11) is 1.50. The number of hydrogen-bond donors (Lipinski definition) is 0. The smallest absolute Gasteiger partial charge is 0.233 e. The maximum atomic E-state index is 6.03. The average Bonchev–Trinajstić information content (AvgIpc) is 2.78. The summed E-state index contributed by atoms with van der Waals surface area (Å²) < 4.78 is 17.4. The van der Waals surface area contributed by atoms with Gasteiger partial charge < -0.3 is 19.0 Å². The third kappa shape index (κ3) is 8.57. The van der Waals surface area contributed by atoms with Crippen molar-refractivity contribution in [3.63, 3.8) is 0 Å². The molecule has 0 unspecified atom stereocenters. The quantitative estimate of drug-likeness (QED) is 0.168. The summed E-state index contributed by atoms with van der Waals surface area (Å²) in [6.45, 7) is 9.82. The zero-order chi connectivity index (χ0) is 23.2. The van der Waals surface area contributed by atoms with E-state index in [9.17, 15) is 0 Å². The van der Waals surface area contributed by atoms with E-state index in [-0.39, 0.29) is 0 Å². The number of unbranched alkanes of at least 4 members (excludes halogenated alkanes) is 3. The van der Waals surface area contributed by atoms with Crippen LogP contribution >= 0.6 is 0 Å². The molecule has 0 aliphatic rings. The Morgan fingerprint density at radius 3 is 2.22 bits per heavy atom. The molecule has 0 atom stereocenters. The molecule has 1 aromatic heterocycles. The Balaban J connectivity index is 1.62. The van der Waals surface area contributed by atoms with Crippen molar-refractivity contribution in [1.82, 2.24) is 10.2 Å². The second-order valence-electron chi connectivity index (χ2n) is 7.49. The van der Waals surface area contributed by atoms with Gasteiger partial charge >= 0.3 is 0 Å². The standard InChI is InChI=1S/C25H35N3O4/c1-6-7-14-30-22-17-19(2)25(20(3)18-22)32-16-11-9-8-10-15-31-24-13-12-23(26-27-24)21(4)28-29-5/h6-7,12-13,17-18H,8-11,14-16H2,1-5H3/b7-6+,28-21+. The lowest BCUT2D eigenvalue weighted by Crippen LogP contribution is -2.05. The van der Waals surface area contributed by atoms with E-state index in [1.54, 1.807) is 6.07 Å². The van der Waals surface area contributed by atoms with Crippen LogP contribution in [0.4, 0.5) is 0 Å². The topological polar surface area (TPSA) is 75.1 Å². The molecule has 2 aromatic rings. The Bertz CT molecular complexity index is 856. The van der Waals surface area contributed by atoms with Crippen LogP contribution in [0.5, 0.6) is 17.4 Å². The Kier molecular flexibility index (Phi) is 11.1. The van der Waals surface area contributed by atoms with Crippen LogP contribution in [0.3, 0.4) is 0 Å². The zero-order valence-corrected chi connectivity index (χ0v) is 19.9. The minimum atomic E-state index is 0.520. The first-order chi connectivity index (χ1) is 15.5. The van der Waals surface area contributed by atoms with Gasteiger partial charge in [0.25, 0.3) is 0 Å². The van der Waals surface area contributed by atoms with E-state index in [4.69, 9.17) is 19.0 Å². The van der Waals surface area contributed by atoms with E-state index >= 15 is 0 Å². The van der Waals surface area contributed by atoms with Gasteiger partial charge in [-0.1, -0.05) is 17.3 Å². The number of aryl methyl sites for hydroxylation is 2. The van der Waals surface area contributed by atoms with Crippen molar-refractivity contribution in [2.24, 2.45) is 5.16 Å². The Hall–Kier alpha value is -3.09. The summed E-state index contributed by atoms with van der Waals surface area (Å²) in [5, 5.41) is 12.0. The summed E-state index contributed by atoms with van der Waals surface area (Å²) in [6.07, 6.45) is 8.10. The number of aromatic nitrogens is 2. The second-order valence-corrected chi connectivity index (χ2v) is 7.49. The second kappa shape index (κ2) is 14.1. The molecule has 1 heterocycles. The lowest BCUT2D eigenvalue weighted by molar-refractivity contribution is 0.213. The van der Waals surface area contributed by atoms with Crippen LogP contribution in [0.2, 0.25) is 0 Å². The van der Waals surface area contributed by atoms with Crippen LogP contribution < -0.4 is 14.2 Å². The van der Waals surface area contributed by atoms with Crippen molar-refractivity contribution in [2.75, 3.05) is 26.9 Å². The van der Waals surface area contributed by atoms with Crippen molar-refractivity contribution < 1.29 is 19.0 Å². The van der Waals surface area contributed by atoms with Gasteiger partial charge in [0.15, 0.2) is 0 Å². The first-order valence-electron chi connectivity index (χ1n) is 11.1. The van der Waals surface area contributed by atoms with Crippen LogP contribution in [-0.2, 0) is 4.84 Å². The Morgan fingerprint density at radius 1 is 0.938 bits per heavy atom. The molecule has 32 heavy (non-hydrogen) atoms. The van der Waals surface area contributed by atoms with Gasteiger partial charge in [0.1, 0.15) is 36.6 Å². The van der Waals surface area contributed by atoms with Crippen LogP contribution in [-0.4, -0.2) is 42.8 Å². The molecule has 2 rings (SSSR count). The van der Waals surface area contributed by atoms with Crippen molar-refractivity contribution in [2.45, 2.75) is 53.4 Å². The normalized spacial score (nSPS) is 11.6. The van der Waals surface area contributed by atoms with E-state index in [2.05, 4.69) is 29.2 Å². The molecule has 7 heteroatoms. The van der Waals surface area contributed by atoms with Crippen molar-refractivity contribution in [1.29, 1.82) is 0 Å². The highest BCUT2D eigenvalue weighted by atomic mass is 16.6. The van der Waals surface area contributed by atoms with Crippen LogP contribution in [0, 0.1) is 13.8 Å². The van der Waals surface area contributed by atoms with Gasteiger partial charge in [-0.3, -0.25) is 0 Å². The number of benzene rings is 1. The molecule has 0 aliphatic heterocycles. The van der Waals surface area contributed by atoms with Gasteiger partial charge in [-0.2, -0.15) is 0 Å². The summed E-state index contributed by atoms with van der Waals surface area (Å²) >= 11 is 0. The number of allylic oxidation sites excluding steroid dienone is 1. The summed E-state index contributed by atoms with van der Waals surface area (Å²) in [5.74, 6) is 2.36. The Morgan fingerprint density at radius 2 is 1.62 bits per heavy atom. The van der Waals surface area contributed by atoms with Gasteiger partial charge in [-0.25, -0.2) is 0 Å². The lowest BCUT2D eigenvalue weighted by Gasteiger charge is -2.14. The lowest BCUT2D eigenvalue weighted by atomic mass is 10.1. The fourth-order valence-corrected chi connectivity index (χ4v) is 3.14. The summed E-state index contributed by atoms with van der Waals surface area (Å²) in [4.78, 5) is 4.74. The number of rotatable bonds is 14. The number of hydrogen-bond acceptors (Lipinski definition) is 7. The van der Waals surface area contributed by atoms with Crippen LogP contribution in [0.1, 0.15) is 56.4 Å². The summed E-state index contributed by atoms with van der Waals surface area (Å²) in [6, 6.07) is 7.68. The number of oxime groups is 1. The third-order valence-electron chi connectivity index (χ3n) is 4.79. The first-order valence-corrected chi connectivity index (χ1v) is 11.1. The highest BCUT2D eigenvalue weighted by molar-refractivity contribution is 5.96. The minimum Gasteiger partial charge on any atom is -0.493 e. The molecule has 0 bridgehead atoms. The van der Waals surface area contributed by atoms with E-state index < -0.39 is 0 Å². The maximum absolute atomic E-state index is 6.03. The van der Waals surface area contributed by atoms with Crippen molar-refractivity contribution in [3.05, 3.63) is 53.2 Å². The molecule has 0 amide bonds. The van der Waals surface area contributed by atoms with Gasteiger partial charge in [0.2, 0.25) is 5.88 Å². The average molecular weight is 442 g/mol. The van der Waals surface area contributed by atoms with E-state index in [0.717, 1.165) is 48.3 Å². The highest BCUT2D eigenvalue weighted by Crippen LogP contribution is 2.28. The maximum Gasteiger partial charge on any atom is 0.233 e. The van der Waals surface area contributed by atoms with Crippen molar-refractivity contribution >= 4 is 5.71 Å². The van der Waals surface area contributed by atoms with E-state index in [1.165, 1.54) is 7.11 Å². The molecule has 7 nitrogen and oxygen atoms in total. The molecule has 174 valence electrons. The number of ether oxygens (including phenoxy) is 3. The molecule has 0 fully saturated rings. The number of nitrogens with zero attached hydrogens (tertiary/aromatic N) is 3.